The second kappa shape index (κ2) is 10.6. The van der Waals surface area contributed by atoms with Crippen LogP contribution in [0.15, 0.2) is 58.5 Å². The van der Waals surface area contributed by atoms with Gasteiger partial charge in [0, 0.05) is 31.9 Å². The van der Waals surface area contributed by atoms with Crippen LogP contribution in [-0.2, 0) is 21.8 Å². The summed E-state index contributed by atoms with van der Waals surface area (Å²) in [6.07, 6.45) is 0.276. The maximum atomic E-state index is 13.2. The van der Waals surface area contributed by atoms with Gasteiger partial charge < -0.3 is 9.47 Å². The zero-order valence-electron chi connectivity index (χ0n) is 17.3. The van der Waals surface area contributed by atoms with Crippen LogP contribution >= 0.6 is 11.8 Å². The molecule has 6 heteroatoms. The van der Waals surface area contributed by atoms with Gasteiger partial charge in [-0.1, -0.05) is 53.7 Å². The SMILES string of the molecule is CCOC(CCn1c(SCc2ccc(C)cc2)nc2ccccc2c1=O)OCC. The van der Waals surface area contributed by atoms with E-state index in [1.165, 1.54) is 11.1 Å². The minimum absolute atomic E-state index is 0.0197. The highest BCUT2D eigenvalue weighted by Gasteiger charge is 2.15. The second-order valence-corrected chi connectivity index (χ2v) is 7.71. The highest BCUT2D eigenvalue weighted by atomic mass is 32.2. The minimum Gasteiger partial charge on any atom is -0.353 e. The maximum absolute atomic E-state index is 13.2. The Balaban J connectivity index is 1.88. The van der Waals surface area contributed by atoms with Crippen LogP contribution in [0.4, 0.5) is 0 Å². The molecule has 0 aliphatic heterocycles. The first-order valence-electron chi connectivity index (χ1n) is 10.0. The van der Waals surface area contributed by atoms with Crippen molar-refractivity contribution < 1.29 is 9.47 Å². The van der Waals surface area contributed by atoms with Gasteiger partial charge in [-0.05, 0) is 38.5 Å². The van der Waals surface area contributed by atoms with E-state index in [9.17, 15) is 4.79 Å². The number of fused-ring (bicyclic) bond motifs is 1. The average molecular weight is 413 g/mol. The molecule has 0 amide bonds. The van der Waals surface area contributed by atoms with Crippen LogP contribution in [0, 0.1) is 6.92 Å². The molecule has 0 aliphatic rings. The fraction of sp³-hybridized carbons (Fsp3) is 0.391. The summed E-state index contributed by atoms with van der Waals surface area (Å²) in [5.41, 5.74) is 3.15. The molecule has 5 nitrogen and oxygen atoms in total. The van der Waals surface area contributed by atoms with Crippen LogP contribution in [0.2, 0.25) is 0 Å². The van der Waals surface area contributed by atoms with Crippen molar-refractivity contribution in [1.29, 1.82) is 0 Å². The third-order valence-electron chi connectivity index (χ3n) is 4.61. The first-order valence-corrected chi connectivity index (χ1v) is 11.0. The topological polar surface area (TPSA) is 53.4 Å². The quantitative estimate of drug-likeness (QED) is 0.272. The molecule has 2 aromatic carbocycles. The molecule has 0 N–H and O–H groups in total. The Bertz CT molecular complexity index is 980. The molecule has 154 valence electrons. The molecule has 3 aromatic rings. The van der Waals surface area contributed by atoms with Gasteiger partial charge in [-0.3, -0.25) is 9.36 Å². The summed E-state index contributed by atoms with van der Waals surface area (Å²) in [4.78, 5) is 17.9. The molecule has 0 atom stereocenters. The van der Waals surface area contributed by atoms with Gasteiger partial charge in [0.2, 0.25) is 0 Å². The summed E-state index contributed by atoms with van der Waals surface area (Å²) in [6.45, 7) is 7.61. The number of hydrogen-bond donors (Lipinski definition) is 0. The first-order chi connectivity index (χ1) is 14.1. The zero-order valence-corrected chi connectivity index (χ0v) is 18.1. The molecule has 0 saturated carbocycles. The van der Waals surface area contributed by atoms with Gasteiger partial charge in [-0.2, -0.15) is 0 Å². The number of hydrogen-bond acceptors (Lipinski definition) is 5. The Morgan fingerprint density at radius 3 is 2.41 bits per heavy atom. The largest absolute Gasteiger partial charge is 0.353 e. The van der Waals surface area contributed by atoms with E-state index in [0.717, 1.165) is 16.4 Å². The molecule has 0 saturated heterocycles. The van der Waals surface area contributed by atoms with E-state index in [1.54, 1.807) is 16.3 Å². The lowest BCUT2D eigenvalue weighted by molar-refractivity contribution is -0.141. The third kappa shape index (κ3) is 5.69. The number of ether oxygens (including phenoxy) is 2. The Labute approximate surface area is 176 Å². The summed E-state index contributed by atoms with van der Waals surface area (Å²) < 4.78 is 13.1. The van der Waals surface area contributed by atoms with E-state index in [-0.39, 0.29) is 11.8 Å². The van der Waals surface area contributed by atoms with Crippen LogP contribution in [0.5, 0.6) is 0 Å². The van der Waals surface area contributed by atoms with E-state index in [4.69, 9.17) is 14.5 Å². The Morgan fingerprint density at radius 1 is 1.03 bits per heavy atom. The van der Waals surface area contributed by atoms with Crippen molar-refractivity contribution in [3.05, 3.63) is 70.0 Å². The van der Waals surface area contributed by atoms with Gasteiger partial charge in [-0.15, -0.1) is 0 Å². The van der Waals surface area contributed by atoms with Gasteiger partial charge in [0.05, 0.1) is 10.9 Å². The number of rotatable bonds is 10. The molecule has 0 fully saturated rings. The van der Waals surface area contributed by atoms with E-state index in [0.29, 0.717) is 31.6 Å². The molecular formula is C23H28N2O3S. The van der Waals surface area contributed by atoms with E-state index >= 15 is 0 Å². The van der Waals surface area contributed by atoms with E-state index in [1.807, 2.05) is 38.1 Å². The van der Waals surface area contributed by atoms with Crippen molar-refractivity contribution in [2.75, 3.05) is 13.2 Å². The number of nitrogens with zero attached hydrogens (tertiary/aromatic N) is 2. The van der Waals surface area contributed by atoms with Gasteiger partial charge >= 0.3 is 0 Å². The standard InChI is InChI=1S/C23H28N2O3S/c1-4-27-21(28-5-2)14-15-25-22(26)19-8-6-7-9-20(19)24-23(25)29-16-18-12-10-17(3)11-13-18/h6-13,21H,4-5,14-16H2,1-3H3. The van der Waals surface area contributed by atoms with E-state index in [2.05, 4.69) is 31.2 Å². The molecule has 0 spiro atoms. The highest BCUT2D eigenvalue weighted by molar-refractivity contribution is 7.98. The predicted molar refractivity (Wildman–Crippen MR) is 118 cm³/mol. The molecule has 29 heavy (non-hydrogen) atoms. The summed E-state index contributed by atoms with van der Waals surface area (Å²) in [7, 11) is 0. The smallest absolute Gasteiger partial charge is 0.262 e. The monoisotopic (exact) mass is 412 g/mol. The maximum Gasteiger partial charge on any atom is 0.262 e. The lowest BCUT2D eigenvalue weighted by atomic mass is 10.2. The van der Waals surface area contributed by atoms with Crippen LogP contribution in [-0.4, -0.2) is 29.1 Å². The number of aromatic nitrogens is 2. The van der Waals surface area contributed by atoms with Crippen molar-refractivity contribution in [3.63, 3.8) is 0 Å². The Kier molecular flexibility index (Phi) is 7.86. The molecule has 1 heterocycles. The van der Waals surface area contributed by atoms with Gasteiger partial charge in [-0.25, -0.2) is 4.98 Å². The van der Waals surface area contributed by atoms with Crippen LogP contribution in [0.3, 0.4) is 0 Å². The van der Waals surface area contributed by atoms with Crippen molar-refractivity contribution in [1.82, 2.24) is 9.55 Å². The van der Waals surface area contributed by atoms with Gasteiger partial charge in [0.1, 0.15) is 0 Å². The number of thioether (sulfide) groups is 1. The van der Waals surface area contributed by atoms with Gasteiger partial charge in [0.15, 0.2) is 11.4 Å². The van der Waals surface area contributed by atoms with Crippen molar-refractivity contribution in [2.24, 2.45) is 0 Å². The molecule has 1 aromatic heterocycles. The Morgan fingerprint density at radius 2 is 1.72 bits per heavy atom. The van der Waals surface area contributed by atoms with Crippen molar-refractivity contribution in [2.45, 2.75) is 50.9 Å². The minimum atomic E-state index is -0.321. The number of aryl methyl sites for hydroxylation is 1. The zero-order chi connectivity index (χ0) is 20.6. The fourth-order valence-corrected chi connectivity index (χ4v) is 4.09. The van der Waals surface area contributed by atoms with Crippen LogP contribution in [0.1, 0.15) is 31.4 Å². The van der Waals surface area contributed by atoms with E-state index < -0.39 is 0 Å². The third-order valence-corrected chi connectivity index (χ3v) is 5.66. The van der Waals surface area contributed by atoms with Crippen LogP contribution < -0.4 is 5.56 Å². The molecule has 0 unspecified atom stereocenters. The molecular weight excluding hydrogens is 384 g/mol. The highest BCUT2D eigenvalue weighted by Crippen LogP contribution is 2.23. The van der Waals surface area contributed by atoms with Crippen molar-refractivity contribution in [3.8, 4) is 0 Å². The molecule has 3 rings (SSSR count). The summed E-state index contributed by atoms with van der Waals surface area (Å²) >= 11 is 1.58. The predicted octanol–water partition coefficient (Wildman–Crippen LogP) is 4.79. The molecule has 0 aliphatic carbocycles. The summed E-state index contributed by atoms with van der Waals surface area (Å²) in [5, 5.41) is 1.36. The second-order valence-electron chi connectivity index (χ2n) is 6.77. The summed E-state index contributed by atoms with van der Waals surface area (Å²) in [5.74, 6) is 0.755. The number of para-hydroxylation sites is 1. The lowest BCUT2D eigenvalue weighted by Crippen LogP contribution is -2.27. The summed E-state index contributed by atoms with van der Waals surface area (Å²) in [6, 6.07) is 15.9. The molecule has 0 bridgehead atoms. The van der Waals surface area contributed by atoms with Gasteiger partial charge in [0.25, 0.3) is 5.56 Å². The first kappa shape index (κ1) is 21.6. The number of benzene rings is 2. The average Bonchev–Trinajstić information content (AvgIpc) is 2.73. The molecule has 0 radical (unpaired) electrons. The normalized spacial score (nSPS) is 11.4. The van der Waals surface area contributed by atoms with Crippen molar-refractivity contribution >= 4 is 22.7 Å². The fourth-order valence-electron chi connectivity index (χ4n) is 3.11. The Hall–Kier alpha value is -2.15. The van der Waals surface area contributed by atoms with Crippen LogP contribution in [0.25, 0.3) is 10.9 Å². The lowest BCUT2D eigenvalue weighted by Gasteiger charge is -2.19.